The topological polar surface area (TPSA) is 12.0 Å². The van der Waals surface area contributed by atoms with Crippen molar-refractivity contribution in [3.63, 3.8) is 0 Å². The third kappa shape index (κ3) is 3.20. The van der Waals surface area contributed by atoms with E-state index in [1.54, 1.807) is 0 Å². The van der Waals surface area contributed by atoms with Gasteiger partial charge in [0.15, 0.2) is 5.82 Å². The lowest BCUT2D eigenvalue weighted by molar-refractivity contribution is 0.585. The van der Waals surface area contributed by atoms with E-state index in [1.807, 2.05) is 30.3 Å². The highest BCUT2D eigenvalue weighted by atomic mass is 35.5. The van der Waals surface area contributed by atoms with E-state index < -0.39 is 11.6 Å². The summed E-state index contributed by atoms with van der Waals surface area (Å²) in [5.74, 6) is -1.35. The van der Waals surface area contributed by atoms with E-state index in [1.165, 1.54) is 0 Å². The van der Waals surface area contributed by atoms with Gasteiger partial charge in [-0.2, -0.15) is 0 Å². The molecule has 0 saturated carbocycles. The zero-order valence-corrected chi connectivity index (χ0v) is 10.3. The number of hydrogen-bond acceptors (Lipinski definition) is 1. The van der Waals surface area contributed by atoms with Crippen LogP contribution in [0.25, 0.3) is 0 Å². The molecule has 2 aromatic rings. The molecule has 0 heterocycles. The van der Waals surface area contributed by atoms with E-state index in [0.717, 1.165) is 24.1 Å². The van der Waals surface area contributed by atoms with E-state index in [2.05, 4.69) is 5.32 Å². The van der Waals surface area contributed by atoms with E-state index in [-0.39, 0.29) is 10.7 Å². The lowest BCUT2D eigenvalue weighted by Gasteiger charge is -2.09. The maximum absolute atomic E-state index is 13.5. The fourth-order valence-corrected chi connectivity index (χ4v) is 1.95. The molecule has 0 aliphatic rings. The summed E-state index contributed by atoms with van der Waals surface area (Å²) < 4.78 is 26.3. The fraction of sp³-hybridized carbons (Fsp3) is 0.143. The molecule has 18 heavy (non-hydrogen) atoms. The number of anilines is 1. The standard InChI is InChI=1S/C14H12ClF2N/c15-12-8-11(16)9-13(17)14(12)18-7-6-10-4-2-1-3-5-10/h1-5,8-9,18H,6-7H2. The van der Waals surface area contributed by atoms with Gasteiger partial charge in [-0.15, -0.1) is 0 Å². The molecule has 2 aromatic carbocycles. The highest BCUT2D eigenvalue weighted by molar-refractivity contribution is 6.33. The summed E-state index contributed by atoms with van der Waals surface area (Å²) in [6.07, 6.45) is 0.744. The molecule has 0 fully saturated rings. The van der Waals surface area contributed by atoms with Crippen LogP contribution in [-0.2, 0) is 6.42 Å². The first-order chi connectivity index (χ1) is 8.66. The van der Waals surface area contributed by atoms with Crippen LogP contribution >= 0.6 is 11.6 Å². The minimum atomic E-state index is -0.675. The Balaban J connectivity index is 1.99. The summed E-state index contributed by atoms with van der Waals surface area (Å²) in [4.78, 5) is 0. The van der Waals surface area contributed by atoms with Gasteiger partial charge in [-0.3, -0.25) is 0 Å². The van der Waals surface area contributed by atoms with E-state index >= 15 is 0 Å². The predicted octanol–water partition coefficient (Wildman–Crippen LogP) is 4.27. The second-order valence-corrected chi connectivity index (χ2v) is 4.31. The summed E-state index contributed by atoms with van der Waals surface area (Å²) in [5.41, 5.74) is 1.29. The number of benzene rings is 2. The van der Waals surface area contributed by atoms with Gasteiger partial charge in [0.05, 0.1) is 10.7 Å². The molecule has 94 valence electrons. The van der Waals surface area contributed by atoms with Crippen molar-refractivity contribution in [2.24, 2.45) is 0 Å². The fourth-order valence-electron chi connectivity index (χ4n) is 1.69. The van der Waals surface area contributed by atoms with Crippen LogP contribution in [0.3, 0.4) is 0 Å². The molecule has 4 heteroatoms. The first-order valence-electron chi connectivity index (χ1n) is 5.59. The van der Waals surface area contributed by atoms with Crippen LogP contribution in [0.1, 0.15) is 5.56 Å². The van der Waals surface area contributed by atoms with E-state index in [4.69, 9.17) is 11.6 Å². The lowest BCUT2D eigenvalue weighted by Crippen LogP contribution is -2.07. The molecule has 0 aromatic heterocycles. The Hall–Kier alpha value is -1.61. The van der Waals surface area contributed by atoms with Crippen molar-refractivity contribution < 1.29 is 8.78 Å². The van der Waals surface area contributed by atoms with Crippen LogP contribution < -0.4 is 5.32 Å². The summed E-state index contributed by atoms with van der Waals surface area (Å²) >= 11 is 5.77. The molecular formula is C14H12ClF2N. The van der Waals surface area contributed by atoms with E-state index in [9.17, 15) is 8.78 Å². The summed E-state index contributed by atoms with van der Waals surface area (Å²) in [6, 6.07) is 11.7. The van der Waals surface area contributed by atoms with Crippen LogP contribution in [0.15, 0.2) is 42.5 Å². The number of rotatable bonds is 4. The normalized spacial score (nSPS) is 10.4. The largest absolute Gasteiger partial charge is 0.381 e. The molecule has 1 N–H and O–H groups in total. The van der Waals surface area contributed by atoms with E-state index in [0.29, 0.717) is 6.54 Å². The average Bonchev–Trinajstić information content (AvgIpc) is 2.34. The Morgan fingerprint density at radius 1 is 1.06 bits per heavy atom. The van der Waals surface area contributed by atoms with Gasteiger partial charge >= 0.3 is 0 Å². The van der Waals surface area contributed by atoms with Crippen molar-refractivity contribution in [2.75, 3.05) is 11.9 Å². The second-order valence-electron chi connectivity index (χ2n) is 3.91. The SMILES string of the molecule is Fc1cc(F)c(NCCc2ccccc2)c(Cl)c1. The molecule has 0 saturated heterocycles. The second kappa shape index (κ2) is 5.83. The molecule has 0 aliphatic heterocycles. The molecule has 0 spiro atoms. The van der Waals surface area contributed by atoms with Gasteiger partial charge in [-0.05, 0) is 18.1 Å². The molecule has 0 radical (unpaired) electrons. The highest BCUT2D eigenvalue weighted by Gasteiger charge is 2.09. The van der Waals surface area contributed by atoms with Crippen molar-refractivity contribution in [1.82, 2.24) is 0 Å². The molecule has 0 bridgehead atoms. The lowest BCUT2D eigenvalue weighted by atomic mass is 10.1. The summed E-state index contributed by atoms with van der Waals surface area (Å²) in [5, 5.41) is 2.94. The van der Waals surface area contributed by atoms with Crippen LogP contribution in [0.4, 0.5) is 14.5 Å². The molecule has 0 unspecified atom stereocenters. The molecule has 0 amide bonds. The Morgan fingerprint density at radius 2 is 1.78 bits per heavy atom. The Labute approximate surface area is 109 Å². The number of halogens is 3. The quantitative estimate of drug-likeness (QED) is 0.872. The molecule has 2 rings (SSSR count). The Morgan fingerprint density at radius 3 is 2.44 bits per heavy atom. The molecule has 0 aliphatic carbocycles. The Bertz CT molecular complexity index is 506. The molecule has 0 atom stereocenters. The minimum Gasteiger partial charge on any atom is -0.381 e. The zero-order valence-electron chi connectivity index (χ0n) is 9.59. The summed E-state index contributed by atoms with van der Waals surface area (Å²) in [7, 11) is 0. The van der Waals surface area contributed by atoms with Crippen molar-refractivity contribution in [1.29, 1.82) is 0 Å². The maximum atomic E-state index is 13.5. The minimum absolute atomic E-state index is 0.0561. The van der Waals surface area contributed by atoms with Crippen LogP contribution in [-0.4, -0.2) is 6.54 Å². The van der Waals surface area contributed by atoms with Crippen molar-refractivity contribution in [3.05, 3.63) is 64.7 Å². The van der Waals surface area contributed by atoms with Crippen molar-refractivity contribution in [2.45, 2.75) is 6.42 Å². The number of hydrogen-bond donors (Lipinski definition) is 1. The first-order valence-corrected chi connectivity index (χ1v) is 5.97. The zero-order chi connectivity index (χ0) is 13.0. The monoisotopic (exact) mass is 267 g/mol. The van der Waals surface area contributed by atoms with Gasteiger partial charge in [0, 0.05) is 12.6 Å². The third-order valence-electron chi connectivity index (χ3n) is 2.57. The van der Waals surface area contributed by atoms with Crippen molar-refractivity contribution in [3.8, 4) is 0 Å². The average molecular weight is 268 g/mol. The molecular weight excluding hydrogens is 256 g/mol. The van der Waals surface area contributed by atoms with Crippen molar-refractivity contribution >= 4 is 17.3 Å². The number of nitrogens with one attached hydrogen (secondary N) is 1. The third-order valence-corrected chi connectivity index (χ3v) is 2.86. The van der Waals surface area contributed by atoms with Crippen LogP contribution in [0.2, 0.25) is 5.02 Å². The van der Waals surface area contributed by atoms with Crippen LogP contribution in [0, 0.1) is 11.6 Å². The first kappa shape index (κ1) is 12.8. The summed E-state index contributed by atoms with van der Waals surface area (Å²) in [6.45, 7) is 0.534. The van der Waals surface area contributed by atoms with Gasteiger partial charge in [0.2, 0.25) is 0 Å². The molecule has 1 nitrogen and oxygen atoms in total. The van der Waals surface area contributed by atoms with Gasteiger partial charge in [-0.1, -0.05) is 41.9 Å². The van der Waals surface area contributed by atoms with Crippen LogP contribution in [0.5, 0.6) is 0 Å². The van der Waals surface area contributed by atoms with Gasteiger partial charge < -0.3 is 5.32 Å². The van der Waals surface area contributed by atoms with Gasteiger partial charge in [0.1, 0.15) is 5.82 Å². The highest BCUT2D eigenvalue weighted by Crippen LogP contribution is 2.26. The maximum Gasteiger partial charge on any atom is 0.150 e. The Kier molecular flexibility index (Phi) is 4.15. The predicted molar refractivity (Wildman–Crippen MR) is 70.0 cm³/mol. The van der Waals surface area contributed by atoms with Gasteiger partial charge in [-0.25, -0.2) is 8.78 Å². The smallest absolute Gasteiger partial charge is 0.150 e. The van der Waals surface area contributed by atoms with Gasteiger partial charge in [0.25, 0.3) is 0 Å².